The number of carbonyl (C=O) groups excluding carboxylic acids is 1. The Bertz CT molecular complexity index is 700. The summed E-state index contributed by atoms with van der Waals surface area (Å²) in [5.41, 5.74) is -0.785. The molecule has 1 aromatic heterocycles. The molecule has 0 N–H and O–H groups in total. The van der Waals surface area contributed by atoms with Crippen LogP contribution in [0.25, 0.3) is 0 Å². The van der Waals surface area contributed by atoms with Gasteiger partial charge in [-0.05, 0) is 5.41 Å². The Balaban J connectivity index is 1.59. The van der Waals surface area contributed by atoms with Crippen molar-refractivity contribution in [1.82, 2.24) is 14.5 Å². The van der Waals surface area contributed by atoms with Gasteiger partial charge in [0.25, 0.3) is 0 Å². The van der Waals surface area contributed by atoms with E-state index in [0.29, 0.717) is 26.1 Å². The Kier molecular flexibility index (Phi) is 4.24. The molecule has 3 rings (SSSR count). The average Bonchev–Trinajstić information content (AvgIpc) is 2.89. The lowest BCUT2D eigenvalue weighted by molar-refractivity contribution is -0.166. The minimum Gasteiger partial charge on any atom is -0.369 e. The first-order valence-corrected chi connectivity index (χ1v) is 9.89. The van der Waals surface area contributed by atoms with Gasteiger partial charge in [0.2, 0.25) is 5.91 Å². The molecule has 134 valence electrons. The molecule has 0 bridgehead atoms. The zero-order chi connectivity index (χ0) is 17.6. The van der Waals surface area contributed by atoms with Crippen molar-refractivity contribution < 1.29 is 17.9 Å². The highest BCUT2D eigenvalue weighted by Crippen LogP contribution is 2.34. The second kappa shape index (κ2) is 5.84. The molecule has 8 heteroatoms. The van der Waals surface area contributed by atoms with Gasteiger partial charge in [0.05, 0.1) is 31.8 Å². The van der Waals surface area contributed by atoms with Gasteiger partial charge in [-0.1, -0.05) is 20.8 Å². The number of rotatable bonds is 3. The van der Waals surface area contributed by atoms with Gasteiger partial charge in [0.15, 0.2) is 9.84 Å². The van der Waals surface area contributed by atoms with Crippen LogP contribution in [0.3, 0.4) is 0 Å². The molecule has 0 unspecified atom stereocenters. The van der Waals surface area contributed by atoms with Crippen molar-refractivity contribution in [1.29, 1.82) is 0 Å². The van der Waals surface area contributed by atoms with E-state index < -0.39 is 20.7 Å². The first-order chi connectivity index (χ1) is 11.1. The third kappa shape index (κ3) is 3.64. The third-order valence-corrected chi connectivity index (χ3v) is 6.74. The summed E-state index contributed by atoms with van der Waals surface area (Å²) in [5.74, 6) is 0.0493. The predicted octanol–water partition coefficient (Wildman–Crippen LogP) is 0.714. The Morgan fingerprint density at radius 3 is 2.62 bits per heavy atom. The number of hydrogen-bond acceptors (Lipinski definition) is 5. The van der Waals surface area contributed by atoms with Crippen LogP contribution in [0.2, 0.25) is 0 Å². The molecule has 0 aromatic carbocycles. The smallest absolute Gasteiger partial charge is 0.223 e. The number of aromatic nitrogens is 2. The summed E-state index contributed by atoms with van der Waals surface area (Å²) < 4.78 is 32.9. The number of sulfone groups is 1. The molecule has 1 atom stereocenters. The van der Waals surface area contributed by atoms with Gasteiger partial charge < -0.3 is 14.2 Å². The topological polar surface area (TPSA) is 81.5 Å². The van der Waals surface area contributed by atoms with Gasteiger partial charge in [-0.3, -0.25) is 4.79 Å². The molecule has 0 saturated carbocycles. The molecule has 3 heterocycles. The minimum atomic E-state index is -3.26. The second-order valence-corrected chi connectivity index (χ2v) is 10.5. The van der Waals surface area contributed by atoms with Crippen molar-refractivity contribution in [3.05, 3.63) is 18.7 Å². The van der Waals surface area contributed by atoms with Gasteiger partial charge in [0, 0.05) is 25.4 Å². The molecule has 0 aliphatic carbocycles. The van der Waals surface area contributed by atoms with Gasteiger partial charge in [0.1, 0.15) is 10.9 Å². The van der Waals surface area contributed by atoms with E-state index in [2.05, 4.69) is 4.98 Å². The van der Waals surface area contributed by atoms with Crippen molar-refractivity contribution in [2.24, 2.45) is 5.41 Å². The molecule has 2 saturated heterocycles. The van der Waals surface area contributed by atoms with E-state index in [1.807, 2.05) is 20.8 Å². The van der Waals surface area contributed by atoms with Crippen LogP contribution >= 0.6 is 0 Å². The standard InChI is InChI=1S/C16H25N3O4S/c1-15(2,3)6-14(20)19-9-16(10-19)11-24(21,22)13(8-23-16)7-18-5-4-17-12-18/h4-5,12-13H,6-11H2,1-3H3/t13-/m0/s1. The van der Waals surface area contributed by atoms with E-state index in [1.165, 1.54) is 0 Å². The Morgan fingerprint density at radius 1 is 1.38 bits per heavy atom. The maximum absolute atomic E-state index is 12.6. The minimum absolute atomic E-state index is 0.0152. The second-order valence-electron chi connectivity index (χ2n) is 8.17. The normalized spacial score (nSPS) is 25.5. The van der Waals surface area contributed by atoms with Crippen molar-refractivity contribution in [3.8, 4) is 0 Å². The summed E-state index contributed by atoms with van der Waals surface area (Å²) in [7, 11) is -3.26. The summed E-state index contributed by atoms with van der Waals surface area (Å²) in [6.07, 6.45) is 5.44. The van der Waals surface area contributed by atoms with E-state index in [-0.39, 0.29) is 23.7 Å². The first-order valence-electron chi connectivity index (χ1n) is 8.18. The number of carbonyl (C=O) groups is 1. The molecule has 1 spiro atoms. The van der Waals surface area contributed by atoms with Crippen LogP contribution < -0.4 is 0 Å². The quantitative estimate of drug-likeness (QED) is 0.798. The van der Waals surface area contributed by atoms with Gasteiger partial charge in [-0.15, -0.1) is 0 Å². The van der Waals surface area contributed by atoms with Crippen LogP contribution in [-0.2, 0) is 25.9 Å². The largest absolute Gasteiger partial charge is 0.369 e. The molecule has 24 heavy (non-hydrogen) atoms. The van der Waals surface area contributed by atoms with Gasteiger partial charge in [-0.25, -0.2) is 13.4 Å². The number of nitrogens with zero attached hydrogens (tertiary/aromatic N) is 3. The van der Waals surface area contributed by atoms with Crippen molar-refractivity contribution in [3.63, 3.8) is 0 Å². The zero-order valence-corrected chi connectivity index (χ0v) is 15.3. The summed E-state index contributed by atoms with van der Waals surface area (Å²) in [4.78, 5) is 17.9. The Hall–Kier alpha value is -1.41. The van der Waals surface area contributed by atoms with E-state index in [9.17, 15) is 13.2 Å². The summed E-state index contributed by atoms with van der Waals surface area (Å²) in [6.45, 7) is 7.32. The molecular formula is C16H25N3O4S. The molecule has 7 nitrogen and oxygen atoms in total. The molecule has 2 aliphatic heterocycles. The molecule has 1 aromatic rings. The van der Waals surface area contributed by atoms with Crippen LogP contribution in [-0.4, -0.2) is 65.1 Å². The lowest BCUT2D eigenvalue weighted by Gasteiger charge is -2.52. The highest BCUT2D eigenvalue weighted by Gasteiger charge is 2.53. The molecule has 2 fully saturated rings. The molecule has 1 amide bonds. The van der Waals surface area contributed by atoms with Crippen molar-refractivity contribution in [2.45, 2.75) is 44.6 Å². The highest BCUT2D eigenvalue weighted by atomic mass is 32.2. The number of imidazole rings is 1. The van der Waals surface area contributed by atoms with Crippen LogP contribution in [0, 0.1) is 5.41 Å². The molecular weight excluding hydrogens is 330 g/mol. The Morgan fingerprint density at radius 2 is 2.08 bits per heavy atom. The van der Waals surface area contributed by atoms with E-state index in [4.69, 9.17) is 4.74 Å². The SMILES string of the molecule is CC(C)(C)CC(=O)N1CC2(C1)CS(=O)(=O)[C@@H](Cn1ccnc1)CO2. The van der Waals surface area contributed by atoms with Crippen LogP contribution in [0.1, 0.15) is 27.2 Å². The number of amides is 1. The number of ether oxygens (including phenoxy) is 1. The third-order valence-electron chi connectivity index (χ3n) is 4.51. The lowest BCUT2D eigenvalue weighted by Crippen LogP contribution is -2.70. The summed E-state index contributed by atoms with van der Waals surface area (Å²) >= 11 is 0. The maximum atomic E-state index is 12.6. The first kappa shape index (κ1) is 17.4. The van der Waals surface area contributed by atoms with Crippen molar-refractivity contribution >= 4 is 15.7 Å². The molecule has 2 aliphatic rings. The fourth-order valence-electron chi connectivity index (χ4n) is 3.27. The van der Waals surface area contributed by atoms with Crippen LogP contribution in [0.5, 0.6) is 0 Å². The van der Waals surface area contributed by atoms with Crippen LogP contribution in [0.4, 0.5) is 0 Å². The van der Waals surface area contributed by atoms with E-state index in [1.54, 1.807) is 28.2 Å². The Labute approximate surface area is 142 Å². The lowest BCUT2D eigenvalue weighted by atomic mass is 9.89. The highest BCUT2D eigenvalue weighted by molar-refractivity contribution is 7.92. The van der Waals surface area contributed by atoms with E-state index in [0.717, 1.165) is 0 Å². The fraction of sp³-hybridized carbons (Fsp3) is 0.750. The van der Waals surface area contributed by atoms with Gasteiger partial charge >= 0.3 is 0 Å². The predicted molar refractivity (Wildman–Crippen MR) is 89.1 cm³/mol. The van der Waals surface area contributed by atoms with Crippen LogP contribution in [0.15, 0.2) is 18.7 Å². The maximum Gasteiger partial charge on any atom is 0.223 e. The average molecular weight is 355 g/mol. The van der Waals surface area contributed by atoms with Gasteiger partial charge in [-0.2, -0.15) is 0 Å². The molecule has 0 radical (unpaired) electrons. The summed E-state index contributed by atoms with van der Waals surface area (Å²) in [5, 5.41) is -0.559. The summed E-state index contributed by atoms with van der Waals surface area (Å²) in [6, 6.07) is 0. The monoisotopic (exact) mass is 355 g/mol. The van der Waals surface area contributed by atoms with Crippen molar-refractivity contribution in [2.75, 3.05) is 25.4 Å². The zero-order valence-electron chi connectivity index (χ0n) is 14.4. The number of hydrogen-bond donors (Lipinski definition) is 0. The van der Waals surface area contributed by atoms with E-state index >= 15 is 0 Å². The number of likely N-dealkylation sites (tertiary alicyclic amines) is 1. The fourth-order valence-corrected chi connectivity index (χ4v) is 5.18.